The van der Waals surface area contributed by atoms with Gasteiger partial charge in [0.15, 0.2) is 0 Å². The van der Waals surface area contributed by atoms with Gasteiger partial charge in [-0.2, -0.15) is 0 Å². The third-order valence-corrected chi connectivity index (χ3v) is 1.91. The van der Waals surface area contributed by atoms with Gasteiger partial charge in [0.1, 0.15) is 0 Å². The first-order valence-corrected chi connectivity index (χ1v) is 6.19. The van der Waals surface area contributed by atoms with Crippen LogP contribution < -0.4 is 0 Å². The van der Waals surface area contributed by atoms with Gasteiger partial charge >= 0.3 is 0 Å². The zero-order chi connectivity index (χ0) is 13.1. The van der Waals surface area contributed by atoms with E-state index in [4.69, 9.17) is 0 Å². The highest BCUT2D eigenvalue weighted by Crippen LogP contribution is 2.15. The van der Waals surface area contributed by atoms with Gasteiger partial charge in [0, 0.05) is 18.0 Å². The van der Waals surface area contributed by atoms with Crippen LogP contribution in [0, 0.1) is 6.92 Å². The highest BCUT2D eigenvalue weighted by molar-refractivity contribution is 5.57. The second-order valence-electron chi connectivity index (χ2n) is 2.96. The van der Waals surface area contributed by atoms with Crippen LogP contribution in [0.1, 0.15) is 33.3 Å². The number of rotatable bonds is 1. The Hall–Kier alpha value is -1.70. The molecule has 0 fully saturated rings. The van der Waals surface area contributed by atoms with Crippen molar-refractivity contribution in [1.29, 1.82) is 0 Å². The molecule has 0 saturated carbocycles. The van der Waals surface area contributed by atoms with Crippen LogP contribution in [-0.2, 0) is 0 Å². The minimum Gasteiger partial charge on any atom is -0.261 e. The SMILES string of the molecule is CC.CC.Cc1ccc(-c2cnccn2)cc1. The first kappa shape index (κ1) is 15.3. The molecule has 1 aromatic carbocycles. The van der Waals surface area contributed by atoms with Gasteiger partial charge in [-0.15, -0.1) is 0 Å². The smallest absolute Gasteiger partial charge is 0.0885 e. The Kier molecular flexibility index (Phi) is 8.57. The van der Waals surface area contributed by atoms with Crippen molar-refractivity contribution in [3.8, 4) is 11.3 Å². The van der Waals surface area contributed by atoms with Crippen LogP contribution in [0.3, 0.4) is 0 Å². The van der Waals surface area contributed by atoms with E-state index in [0.29, 0.717) is 0 Å². The lowest BCUT2D eigenvalue weighted by Crippen LogP contribution is -1.83. The average Bonchev–Trinajstić information content (AvgIpc) is 2.45. The topological polar surface area (TPSA) is 25.8 Å². The molecule has 0 aliphatic carbocycles. The lowest BCUT2D eigenvalue weighted by atomic mass is 10.1. The molecule has 92 valence electrons. The molecule has 2 aromatic rings. The molecule has 0 aliphatic rings. The number of nitrogens with zero attached hydrogens (tertiary/aromatic N) is 2. The molecule has 1 heterocycles. The quantitative estimate of drug-likeness (QED) is 0.720. The molecule has 1 aromatic heterocycles. The van der Waals surface area contributed by atoms with Crippen LogP contribution in [0.15, 0.2) is 42.9 Å². The van der Waals surface area contributed by atoms with Crippen LogP contribution in [0.25, 0.3) is 11.3 Å². The third kappa shape index (κ3) is 5.25. The van der Waals surface area contributed by atoms with Crippen molar-refractivity contribution < 1.29 is 0 Å². The van der Waals surface area contributed by atoms with E-state index >= 15 is 0 Å². The second kappa shape index (κ2) is 9.52. The molecule has 0 aliphatic heterocycles. The van der Waals surface area contributed by atoms with Crippen molar-refractivity contribution in [1.82, 2.24) is 9.97 Å². The zero-order valence-electron chi connectivity index (χ0n) is 11.4. The summed E-state index contributed by atoms with van der Waals surface area (Å²) in [6, 6.07) is 8.26. The van der Waals surface area contributed by atoms with E-state index in [9.17, 15) is 0 Å². The van der Waals surface area contributed by atoms with Gasteiger partial charge in [-0.3, -0.25) is 9.97 Å². The van der Waals surface area contributed by atoms with E-state index in [1.807, 2.05) is 27.7 Å². The van der Waals surface area contributed by atoms with Crippen molar-refractivity contribution in [3.05, 3.63) is 48.4 Å². The summed E-state index contributed by atoms with van der Waals surface area (Å²) >= 11 is 0. The highest BCUT2D eigenvalue weighted by Gasteiger charge is 1.96. The van der Waals surface area contributed by atoms with Crippen LogP contribution in [-0.4, -0.2) is 9.97 Å². The van der Waals surface area contributed by atoms with Crippen LogP contribution in [0.4, 0.5) is 0 Å². The van der Waals surface area contributed by atoms with Gasteiger partial charge in [0.2, 0.25) is 0 Å². The Morgan fingerprint density at radius 2 is 1.41 bits per heavy atom. The summed E-state index contributed by atoms with van der Waals surface area (Å²) in [5.41, 5.74) is 3.29. The lowest BCUT2D eigenvalue weighted by molar-refractivity contribution is 1.20. The summed E-state index contributed by atoms with van der Waals surface area (Å²) in [4.78, 5) is 8.24. The minimum absolute atomic E-state index is 0.919. The number of hydrogen-bond donors (Lipinski definition) is 0. The molecule has 2 heteroatoms. The summed E-state index contributed by atoms with van der Waals surface area (Å²) in [7, 11) is 0. The summed E-state index contributed by atoms with van der Waals surface area (Å²) in [6.07, 6.45) is 5.15. The van der Waals surface area contributed by atoms with Gasteiger partial charge in [-0.05, 0) is 6.92 Å². The molecule has 17 heavy (non-hydrogen) atoms. The fourth-order valence-corrected chi connectivity index (χ4v) is 1.17. The van der Waals surface area contributed by atoms with Crippen molar-refractivity contribution in [2.75, 3.05) is 0 Å². The number of aromatic nitrogens is 2. The first-order valence-electron chi connectivity index (χ1n) is 6.19. The Bertz CT molecular complexity index is 379. The Morgan fingerprint density at radius 1 is 0.824 bits per heavy atom. The monoisotopic (exact) mass is 230 g/mol. The standard InChI is InChI=1S/C11H10N2.2C2H6/c1-9-2-4-10(5-3-9)11-8-12-6-7-13-11;2*1-2/h2-8H,1H3;2*1-2H3. The second-order valence-corrected chi connectivity index (χ2v) is 2.96. The zero-order valence-corrected chi connectivity index (χ0v) is 11.4. The molecule has 0 atom stereocenters. The maximum atomic E-state index is 4.22. The van der Waals surface area contributed by atoms with Crippen molar-refractivity contribution >= 4 is 0 Å². The molecule has 0 radical (unpaired) electrons. The summed E-state index contributed by atoms with van der Waals surface area (Å²) in [5.74, 6) is 0. The van der Waals surface area contributed by atoms with E-state index in [1.165, 1.54) is 5.56 Å². The van der Waals surface area contributed by atoms with Gasteiger partial charge in [-0.25, -0.2) is 0 Å². The molecule has 0 unspecified atom stereocenters. The van der Waals surface area contributed by atoms with Gasteiger partial charge < -0.3 is 0 Å². The van der Waals surface area contributed by atoms with Gasteiger partial charge in [-0.1, -0.05) is 57.5 Å². The number of hydrogen-bond acceptors (Lipinski definition) is 2. The number of aryl methyl sites for hydroxylation is 1. The predicted molar refractivity (Wildman–Crippen MR) is 74.9 cm³/mol. The first-order chi connectivity index (χ1) is 8.36. The van der Waals surface area contributed by atoms with Crippen LogP contribution in [0.2, 0.25) is 0 Å². The van der Waals surface area contributed by atoms with E-state index in [0.717, 1.165) is 11.3 Å². The molecular formula is C15H22N2. The lowest BCUT2D eigenvalue weighted by Gasteiger charge is -1.99. The van der Waals surface area contributed by atoms with E-state index in [1.54, 1.807) is 18.6 Å². The maximum absolute atomic E-state index is 4.22. The molecule has 2 nitrogen and oxygen atoms in total. The molecule has 0 saturated heterocycles. The fourth-order valence-electron chi connectivity index (χ4n) is 1.17. The summed E-state index contributed by atoms with van der Waals surface area (Å²) < 4.78 is 0. The average molecular weight is 230 g/mol. The normalized spacial score (nSPS) is 8.29. The predicted octanol–water partition coefficient (Wildman–Crippen LogP) is 4.50. The summed E-state index contributed by atoms with van der Waals surface area (Å²) in [5, 5.41) is 0. The molecule has 2 rings (SSSR count). The highest BCUT2D eigenvalue weighted by atomic mass is 14.8. The summed E-state index contributed by atoms with van der Waals surface area (Å²) in [6.45, 7) is 10.1. The van der Waals surface area contributed by atoms with E-state index in [2.05, 4.69) is 41.2 Å². The van der Waals surface area contributed by atoms with Crippen molar-refractivity contribution in [2.24, 2.45) is 0 Å². The van der Waals surface area contributed by atoms with Crippen molar-refractivity contribution in [2.45, 2.75) is 34.6 Å². The Labute approximate surface area is 105 Å². The molecule has 0 N–H and O–H groups in total. The van der Waals surface area contributed by atoms with Crippen LogP contribution in [0.5, 0.6) is 0 Å². The Balaban J connectivity index is 0.000000581. The largest absolute Gasteiger partial charge is 0.261 e. The van der Waals surface area contributed by atoms with Crippen LogP contribution >= 0.6 is 0 Å². The van der Waals surface area contributed by atoms with E-state index < -0.39 is 0 Å². The fraction of sp³-hybridized carbons (Fsp3) is 0.333. The molecular weight excluding hydrogens is 208 g/mol. The molecule has 0 spiro atoms. The minimum atomic E-state index is 0.919. The van der Waals surface area contributed by atoms with Gasteiger partial charge in [0.25, 0.3) is 0 Å². The number of benzene rings is 1. The Morgan fingerprint density at radius 3 is 1.88 bits per heavy atom. The third-order valence-electron chi connectivity index (χ3n) is 1.91. The maximum Gasteiger partial charge on any atom is 0.0885 e. The van der Waals surface area contributed by atoms with Crippen molar-refractivity contribution in [3.63, 3.8) is 0 Å². The van der Waals surface area contributed by atoms with Gasteiger partial charge in [0.05, 0.1) is 11.9 Å². The molecule has 0 amide bonds. The molecule has 0 bridgehead atoms. The van der Waals surface area contributed by atoms with E-state index in [-0.39, 0.29) is 0 Å².